The van der Waals surface area contributed by atoms with Crippen LogP contribution >= 0.6 is 11.6 Å². The maximum absolute atomic E-state index is 6.12. The van der Waals surface area contributed by atoms with Crippen LogP contribution in [0.3, 0.4) is 0 Å². The summed E-state index contributed by atoms with van der Waals surface area (Å²) in [4.78, 5) is 0. The van der Waals surface area contributed by atoms with E-state index in [9.17, 15) is 0 Å². The normalized spacial score (nSPS) is 12.8. The minimum Gasteiger partial charge on any atom is -0.412 e. The van der Waals surface area contributed by atoms with Crippen molar-refractivity contribution in [3.63, 3.8) is 0 Å². The number of hydrogen-bond donors (Lipinski definition) is 1. The minimum absolute atomic E-state index is 0.209. The highest BCUT2D eigenvalue weighted by atomic mass is 35.5. The van der Waals surface area contributed by atoms with Crippen LogP contribution in [0.1, 0.15) is 26.3 Å². The SMILES string of the molecule is CC(C)(C)[Si](C)(C)OCc1cccc(Cl)c1N. The molecule has 17 heavy (non-hydrogen) atoms. The van der Waals surface area contributed by atoms with Gasteiger partial charge in [0.05, 0.1) is 17.3 Å². The van der Waals surface area contributed by atoms with E-state index < -0.39 is 8.32 Å². The van der Waals surface area contributed by atoms with Gasteiger partial charge in [-0.15, -0.1) is 0 Å². The number of nitrogens with two attached hydrogens (primary N) is 1. The molecule has 1 rings (SSSR count). The summed E-state index contributed by atoms with van der Waals surface area (Å²) in [7, 11) is -1.73. The highest BCUT2D eigenvalue weighted by Gasteiger charge is 2.37. The summed E-state index contributed by atoms with van der Waals surface area (Å²) in [5.41, 5.74) is 7.53. The Kier molecular flexibility index (Phi) is 4.28. The molecular weight excluding hydrogens is 250 g/mol. The van der Waals surface area contributed by atoms with Crippen LogP contribution in [0.5, 0.6) is 0 Å². The average molecular weight is 272 g/mol. The number of para-hydroxylation sites is 1. The number of nitrogen functional groups attached to an aromatic ring is 1. The second-order valence-corrected chi connectivity index (χ2v) is 11.1. The molecular formula is C13H22ClNOSi. The minimum atomic E-state index is -1.73. The van der Waals surface area contributed by atoms with Gasteiger partial charge in [-0.1, -0.05) is 44.5 Å². The van der Waals surface area contributed by atoms with Gasteiger partial charge in [-0.2, -0.15) is 0 Å². The molecule has 0 amide bonds. The molecule has 2 nitrogen and oxygen atoms in total. The lowest BCUT2D eigenvalue weighted by Crippen LogP contribution is -2.40. The van der Waals surface area contributed by atoms with Gasteiger partial charge >= 0.3 is 0 Å². The number of rotatable bonds is 3. The number of benzene rings is 1. The first-order valence-electron chi connectivity index (χ1n) is 5.82. The summed E-state index contributed by atoms with van der Waals surface area (Å²) in [6.07, 6.45) is 0. The van der Waals surface area contributed by atoms with Crippen molar-refractivity contribution < 1.29 is 4.43 Å². The lowest BCUT2D eigenvalue weighted by molar-refractivity contribution is 0.277. The average Bonchev–Trinajstić information content (AvgIpc) is 2.18. The van der Waals surface area contributed by atoms with Gasteiger partial charge < -0.3 is 10.2 Å². The van der Waals surface area contributed by atoms with E-state index in [-0.39, 0.29) is 5.04 Å². The van der Waals surface area contributed by atoms with Crippen LogP contribution in [-0.2, 0) is 11.0 Å². The van der Waals surface area contributed by atoms with Crippen LogP contribution in [0.2, 0.25) is 23.2 Å². The van der Waals surface area contributed by atoms with Crippen LogP contribution in [0.15, 0.2) is 18.2 Å². The molecule has 1 aromatic carbocycles. The van der Waals surface area contributed by atoms with E-state index in [2.05, 4.69) is 33.9 Å². The smallest absolute Gasteiger partial charge is 0.192 e. The van der Waals surface area contributed by atoms with Crippen LogP contribution in [0, 0.1) is 0 Å². The lowest BCUT2D eigenvalue weighted by atomic mass is 10.2. The Morgan fingerprint density at radius 2 is 1.88 bits per heavy atom. The quantitative estimate of drug-likeness (QED) is 0.651. The second-order valence-electron chi connectivity index (χ2n) is 5.86. The Morgan fingerprint density at radius 1 is 1.29 bits per heavy atom. The fraction of sp³-hybridized carbons (Fsp3) is 0.538. The fourth-order valence-corrected chi connectivity index (χ4v) is 2.33. The molecule has 96 valence electrons. The Hall–Kier alpha value is -0.513. The summed E-state index contributed by atoms with van der Waals surface area (Å²) in [6, 6.07) is 5.67. The highest BCUT2D eigenvalue weighted by molar-refractivity contribution is 6.74. The molecule has 0 radical (unpaired) electrons. The van der Waals surface area contributed by atoms with Crippen molar-refractivity contribution in [2.45, 2.75) is 45.5 Å². The number of hydrogen-bond acceptors (Lipinski definition) is 2. The van der Waals surface area contributed by atoms with Gasteiger partial charge in [-0.25, -0.2) is 0 Å². The third-order valence-electron chi connectivity index (χ3n) is 3.54. The molecule has 0 aliphatic heterocycles. The molecule has 0 saturated heterocycles. The first kappa shape index (κ1) is 14.5. The Morgan fingerprint density at radius 3 is 2.41 bits per heavy atom. The van der Waals surface area contributed by atoms with Crippen molar-refractivity contribution in [1.82, 2.24) is 0 Å². The molecule has 0 atom stereocenters. The molecule has 0 unspecified atom stereocenters. The third-order valence-corrected chi connectivity index (χ3v) is 8.35. The number of halogens is 1. The molecule has 4 heteroatoms. The maximum atomic E-state index is 6.12. The first-order chi connectivity index (χ1) is 7.65. The van der Waals surface area contributed by atoms with Crippen molar-refractivity contribution >= 4 is 25.6 Å². The zero-order valence-corrected chi connectivity index (χ0v) is 13.1. The van der Waals surface area contributed by atoms with E-state index in [1.54, 1.807) is 6.07 Å². The van der Waals surface area contributed by atoms with E-state index in [4.69, 9.17) is 21.8 Å². The summed E-state index contributed by atoms with van der Waals surface area (Å²) >= 11 is 5.98. The predicted octanol–water partition coefficient (Wildman–Crippen LogP) is 4.44. The molecule has 0 fully saturated rings. The van der Waals surface area contributed by atoms with Crippen LogP contribution < -0.4 is 5.73 Å². The van der Waals surface area contributed by atoms with Crippen LogP contribution in [-0.4, -0.2) is 8.32 Å². The molecule has 0 heterocycles. The number of anilines is 1. The molecule has 0 bridgehead atoms. The van der Waals surface area contributed by atoms with Gasteiger partial charge in [-0.3, -0.25) is 0 Å². The largest absolute Gasteiger partial charge is 0.412 e. The highest BCUT2D eigenvalue weighted by Crippen LogP contribution is 2.37. The summed E-state index contributed by atoms with van der Waals surface area (Å²) in [5, 5.41) is 0.807. The van der Waals surface area contributed by atoms with Gasteiger partial charge in [0.15, 0.2) is 8.32 Å². The predicted molar refractivity (Wildman–Crippen MR) is 77.9 cm³/mol. The molecule has 0 spiro atoms. The third kappa shape index (κ3) is 3.47. The van der Waals surface area contributed by atoms with E-state index in [1.807, 2.05) is 12.1 Å². The molecule has 0 aliphatic rings. The molecule has 2 N–H and O–H groups in total. The topological polar surface area (TPSA) is 35.2 Å². The second kappa shape index (κ2) is 5.00. The standard InChI is InChI=1S/C13H22ClNOSi/c1-13(2,3)17(4,5)16-9-10-7-6-8-11(14)12(10)15/h6-8H,9,15H2,1-5H3. The van der Waals surface area contributed by atoms with Gasteiger partial charge in [-0.05, 0) is 24.2 Å². The van der Waals surface area contributed by atoms with Crippen molar-refractivity contribution in [2.24, 2.45) is 0 Å². The monoisotopic (exact) mass is 271 g/mol. The molecule has 0 aliphatic carbocycles. The van der Waals surface area contributed by atoms with Gasteiger partial charge in [0.25, 0.3) is 0 Å². The first-order valence-corrected chi connectivity index (χ1v) is 9.10. The zero-order chi connectivity index (χ0) is 13.3. The lowest BCUT2D eigenvalue weighted by Gasteiger charge is -2.36. The Balaban J connectivity index is 2.78. The van der Waals surface area contributed by atoms with Gasteiger partial charge in [0.1, 0.15) is 0 Å². The van der Waals surface area contributed by atoms with Crippen molar-refractivity contribution in [1.29, 1.82) is 0 Å². The summed E-state index contributed by atoms with van der Waals surface area (Å²) < 4.78 is 6.12. The van der Waals surface area contributed by atoms with E-state index >= 15 is 0 Å². The van der Waals surface area contributed by atoms with E-state index in [0.717, 1.165) is 5.56 Å². The summed E-state index contributed by atoms with van der Waals surface area (Å²) in [5.74, 6) is 0. The Bertz CT molecular complexity index is 399. The van der Waals surface area contributed by atoms with Crippen molar-refractivity contribution in [3.8, 4) is 0 Å². The van der Waals surface area contributed by atoms with Crippen molar-refractivity contribution in [3.05, 3.63) is 28.8 Å². The molecule has 1 aromatic rings. The maximum Gasteiger partial charge on any atom is 0.192 e. The molecule has 0 aromatic heterocycles. The zero-order valence-electron chi connectivity index (χ0n) is 11.3. The molecule has 0 saturated carbocycles. The van der Waals surface area contributed by atoms with Gasteiger partial charge in [0, 0.05) is 5.56 Å². The fourth-order valence-electron chi connectivity index (χ4n) is 1.18. The summed E-state index contributed by atoms with van der Waals surface area (Å²) in [6.45, 7) is 11.7. The van der Waals surface area contributed by atoms with Crippen LogP contribution in [0.25, 0.3) is 0 Å². The van der Waals surface area contributed by atoms with Gasteiger partial charge in [0.2, 0.25) is 0 Å². The van der Waals surface area contributed by atoms with Crippen LogP contribution in [0.4, 0.5) is 5.69 Å². The Labute approximate surface area is 110 Å². The van der Waals surface area contributed by atoms with E-state index in [1.165, 1.54) is 0 Å². The van der Waals surface area contributed by atoms with E-state index in [0.29, 0.717) is 17.3 Å². The van der Waals surface area contributed by atoms with Crippen molar-refractivity contribution in [2.75, 3.05) is 5.73 Å².